The van der Waals surface area contributed by atoms with Crippen LogP contribution in [0.1, 0.15) is 49.3 Å². The second-order valence-electron chi connectivity index (χ2n) is 6.48. The number of rotatable bonds is 4. The van der Waals surface area contributed by atoms with Gasteiger partial charge in [-0.25, -0.2) is 0 Å². The average molecular weight is 279 g/mol. The molecule has 1 aromatic carbocycles. The highest BCUT2D eigenvalue weighted by Gasteiger charge is 2.50. The van der Waals surface area contributed by atoms with Crippen LogP contribution in [0.15, 0.2) is 42.9 Å². The van der Waals surface area contributed by atoms with Gasteiger partial charge in [-0.15, -0.1) is 0 Å². The molecule has 2 fully saturated rings. The molecule has 3 nitrogen and oxygen atoms in total. The molecule has 1 unspecified atom stereocenters. The summed E-state index contributed by atoms with van der Waals surface area (Å²) in [7, 11) is 0. The largest absolute Gasteiger partial charge is 0.379 e. The summed E-state index contributed by atoms with van der Waals surface area (Å²) in [4.78, 5) is 8.40. The fraction of sp³-hybridized carbons (Fsp3) is 0.444. The van der Waals surface area contributed by atoms with E-state index in [9.17, 15) is 0 Å². The fourth-order valence-corrected chi connectivity index (χ4v) is 3.93. The molecular weight excluding hydrogens is 258 g/mol. The molecule has 0 saturated heterocycles. The highest BCUT2D eigenvalue weighted by molar-refractivity contribution is 5.47. The van der Waals surface area contributed by atoms with Crippen LogP contribution in [0, 0.1) is 5.41 Å². The second kappa shape index (κ2) is 5.14. The zero-order valence-electron chi connectivity index (χ0n) is 12.3. The van der Waals surface area contributed by atoms with Crippen molar-refractivity contribution in [2.45, 2.75) is 44.6 Å². The van der Waals surface area contributed by atoms with Gasteiger partial charge < -0.3 is 5.32 Å². The summed E-state index contributed by atoms with van der Waals surface area (Å²) in [6, 6.07) is 8.96. The molecule has 0 radical (unpaired) electrons. The molecule has 2 aliphatic rings. The third-order valence-corrected chi connectivity index (χ3v) is 5.40. The molecule has 1 atom stereocenters. The summed E-state index contributed by atoms with van der Waals surface area (Å²) in [5, 5.41) is 3.47. The monoisotopic (exact) mass is 279 g/mol. The normalized spacial score (nSPS) is 22.4. The van der Waals surface area contributed by atoms with Gasteiger partial charge in [-0.3, -0.25) is 9.97 Å². The van der Waals surface area contributed by atoms with E-state index in [2.05, 4.69) is 39.6 Å². The highest BCUT2D eigenvalue weighted by atomic mass is 14.9. The van der Waals surface area contributed by atoms with Crippen LogP contribution in [-0.2, 0) is 6.54 Å². The molecule has 21 heavy (non-hydrogen) atoms. The number of nitrogens with zero attached hydrogens (tertiary/aromatic N) is 2. The lowest BCUT2D eigenvalue weighted by molar-refractivity contribution is -0.00195. The van der Waals surface area contributed by atoms with E-state index in [1.54, 1.807) is 12.4 Å². The topological polar surface area (TPSA) is 37.8 Å². The molecule has 0 bridgehead atoms. The molecule has 4 rings (SSSR count). The van der Waals surface area contributed by atoms with Crippen LogP contribution in [0.2, 0.25) is 0 Å². The lowest BCUT2D eigenvalue weighted by Crippen LogP contribution is -2.43. The van der Waals surface area contributed by atoms with Crippen molar-refractivity contribution in [3.63, 3.8) is 0 Å². The van der Waals surface area contributed by atoms with Crippen LogP contribution < -0.4 is 5.32 Å². The van der Waals surface area contributed by atoms with Crippen molar-refractivity contribution in [2.75, 3.05) is 5.32 Å². The second-order valence-corrected chi connectivity index (χ2v) is 6.48. The van der Waals surface area contributed by atoms with Crippen LogP contribution >= 0.6 is 0 Å². The number of anilines is 1. The molecular formula is C18H21N3. The Kier molecular flexibility index (Phi) is 3.13. The van der Waals surface area contributed by atoms with E-state index in [4.69, 9.17) is 0 Å². The van der Waals surface area contributed by atoms with Gasteiger partial charge in [0.1, 0.15) is 0 Å². The molecule has 3 heteroatoms. The summed E-state index contributed by atoms with van der Waals surface area (Å²) in [6.07, 6.45) is 12.4. The number of hydrogen-bond donors (Lipinski definition) is 1. The highest BCUT2D eigenvalue weighted by Crippen LogP contribution is 2.64. The maximum atomic E-state index is 4.30. The van der Waals surface area contributed by atoms with Crippen molar-refractivity contribution < 1.29 is 0 Å². The molecule has 1 aromatic heterocycles. The maximum Gasteiger partial charge on any atom is 0.0777 e. The maximum absolute atomic E-state index is 4.30. The SMILES string of the molecule is c1cc(NCc2cnccn2)cc(C2CCC23CCC3)c1. The first-order valence-corrected chi connectivity index (χ1v) is 7.94. The van der Waals surface area contributed by atoms with Crippen molar-refractivity contribution in [3.8, 4) is 0 Å². The van der Waals surface area contributed by atoms with E-state index in [-0.39, 0.29) is 0 Å². The minimum atomic E-state index is 0.670. The van der Waals surface area contributed by atoms with Gasteiger partial charge in [-0.2, -0.15) is 0 Å². The van der Waals surface area contributed by atoms with Gasteiger partial charge in [0.2, 0.25) is 0 Å². The molecule has 2 aromatic rings. The first-order chi connectivity index (χ1) is 10.4. The Labute approximate surface area is 125 Å². The van der Waals surface area contributed by atoms with Crippen molar-refractivity contribution in [2.24, 2.45) is 5.41 Å². The van der Waals surface area contributed by atoms with Crippen LogP contribution in [0.4, 0.5) is 5.69 Å². The minimum absolute atomic E-state index is 0.670. The smallest absolute Gasteiger partial charge is 0.0777 e. The van der Waals surface area contributed by atoms with Crippen LogP contribution in [0.5, 0.6) is 0 Å². The Hall–Kier alpha value is -1.90. The third kappa shape index (κ3) is 2.31. The molecule has 2 aliphatic carbocycles. The Balaban J connectivity index is 1.46. The minimum Gasteiger partial charge on any atom is -0.379 e. The van der Waals surface area contributed by atoms with Crippen molar-refractivity contribution in [1.82, 2.24) is 9.97 Å². The lowest BCUT2D eigenvalue weighted by Gasteiger charge is -2.56. The van der Waals surface area contributed by atoms with Crippen LogP contribution in [0.25, 0.3) is 0 Å². The van der Waals surface area contributed by atoms with E-state index in [0.717, 1.165) is 18.2 Å². The molecule has 1 N–H and O–H groups in total. The van der Waals surface area contributed by atoms with Gasteiger partial charge in [0.15, 0.2) is 0 Å². The summed E-state index contributed by atoms with van der Waals surface area (Å²) in [5.74, 6) is 0.796. The lowest BCUT2D eigenvalue weighted by atomic mass is 9.48. The fourth-order valence-electron chi connectivity index (χ4n) is 3.93. The average Bonchev–Trinajstić information content (AvgIpc) is 2.44. The Morgan fingerprint density at radius 3 is 2.81 bits per heavy atom. The summed E-state index contributed by atoms with van der Waals surface area (Å²) >= 11 is 0. The predicted molar refractivity (Wildman–Crippen MR) is 84.1 cm³/mol. The first-order valence-electron chi connectivity index (χ1n) is 7.94. The predicted octanol–water partition coefficient (Wildman–Crippen LogP) is 4.14. The van der Waals surface area contributed by atoms with Gasteiger partial charge in [-0.05, 0) is 54.7 Å². The van der Waals surface area contributed by atoms with Gasteiger partial charge in [0, 0.05) is 18.1 Å². The number of hydrogen-bond acceptors (Lipinski definition) is 3. The van der Waals surface area contributed by atoms with E-state index in [0.29, 0.717) is 5.41 Å². The molecule has 1 spiro atoms. The number of benzene rings is 1. The van der Waals surface area contributed by atoms with E-state index in [1.165, 1.54) is 43.4 Å². The van der Waals surface area contributed by atoms with Gasteiger partial charge in [0.05, 0.1) is 18.4 Å². The molecule has 0 amide bonds. The van der Waals surface area contributed by atoms with Gasteiger partial charge in [-0.1, -0.05) is 18.6 Å². The summed E-state index contributed by atoms with van der Waals surface area (Å²) in [6.45, 7) is 0.729. The molecule has 2 saturated carbocycles. The van der Waals surface area contributed by atoms with E-state index >= 15 is 0 Å². The van der Waals surface area contributed by atoms with E-state index < -0.39 is 0 Å². The first kappa shape index (κ1) is 12.8. The standard InChI is InChI=1S/C18H21N3/c1-3-14(17-5-8-18(17)6-2-7-18)11-15(4-1)21-13-16-12-19-9-10-20-16/h1,3-4,9-12,17,21H,2,5-8,13H2. The van der Waals surface area contributed by atoms with Crippen molar-refractivity contribution >= 4 is 5.69 Å². The van der Waals surface area contributed by atoms with E-state index in [1.807, 2.05) is 6.20 Å². The molecule has 108 valence electrons. The Bertz CT molecular complexity index is 614. The number of aromatic nitrogens is 2. The van der Waals surface area contributed by atoms with Gasteiger partial charge in [0.25, 0.3) is 0 Å². The molecule has 0 aliphatic heterocycles. The quantitative estimate of drug-likeness (QED) is 0.914. The number of nitrogens with one attached hydrogen (secondary N) is 1. The Morgan fingerprint density at radius 1 is 1.19 bits per heavy atom. The summed E-state index contributed by atoms with van der Waals surface area (Å²) in [5.41, 5.74) is 4.36. The third-order valence-electron chi connectivity index (χ3n) is 5.40. The van der Waals surface area contributed by atoms with Crippen LogP contribution in [-0.4, -0.2) is 9.97 Å². The zero-order chi connectivity index (χ0) is 14.1. The zero-order valence-corrected chi connectivity index (χ0v) is 12.3. The van der Waals surface area contributed by atoms with Crippen molar-refractivity contribution in [1.29, 1.82) is 0 Å². The van der Waals surface area contributed by atoms with Crippen molar-refractivity contribution in [3.05, 3.63) is 54.1 Å². The molecule has 1 heterocycles. The summed E-state index contributed by atoms with van der Waals surface area (Å²) < 4.78 is 0. The Morgan fingerprint density at radius 2 is 2.14 bits per heavy atom. The van der Waals surface area contributed by atoms with Crippen LogP contribution in [0.3, 0.4) is 0 Å². The van der Waals surface area contributed by atoms with Gasteiger partial charge >= 0.3 is 0 Å².